The molecule has 0 aromatic heterocycles. The molecule has 1 rings (SSSR count). The van der Waals surface area contributed by atoms with Crippen LogP contribution in [0.15, 0.2) is 30.3 Å². The van der Waals surface area contributed by atoms with E-state index in [1.54, 1.807) is 0 Å². The second-order valence-corrected chi connectivity index (χ2v) is 3.31. The predicted molar refractivity (Wildman–Crippen MR) is 62.4 cm³/mol. The molecule has 0 bridgehead atoms. The standard InChI is InChI=1S/C13H17N/c1-3-5-12-14(11-4-2)13-9-7-6-8-10-13/h2,6-10H,3,5,11-12H2,1H3. The van der Waals surface area contributed by atoms with E-state index in [4.69, 9.17) is 6.42 Å². The number of benzene rings is 1. The summed E-state index contributed by atoms with van der Waals surface area (Å²) < 4.78 is 0. The molecule has 0 unspecified atom stereocenters. The third kappa shape index (κ3) is 3.14. The van der Waals surface area contributed by atoms with E-state index in [9.17, 15) is 0 Å². The highest BCUT2D eigenvalue weighted by Gasteiger charge is 2.02. The van der Waals surface area contributed by atoms with E-state index in [1.165, 1.54) is 18.5 Å². The Balaban J connectivity index is 2.63. The average Bonchev–Trinajstić information content (AvgIpc) is 2.25. The zero-order valence-electron chi connectivity index (χ0n) is 8.74. The van der Waals surface area contributed by atoms with Crippen molar-refractivity contribution in [2.45, 2.75) is 19.8 Å². The molecular weight excluding hydrogens is 170 g/mol. The number of unbranched alkanes of at least 4 members (excludes halogenated alkanes) is 1. The Morgan fingerprint density at radius 2 is 2.00 bits per heavy atom. The molecule has 0 fully saturated rings. The van der Waals surface area contributed by atoms with Crippen LogP contribution in [0.25, 0.3) is 0 Å². The minimum absolute atomic E-state index is 0.698. The summed E-state index contributed by atoms with van der Waals surface area (Å²) in [4.78, 5) is 2.24. The summed E-state index contributed by atoms with van der Waals surface area (Å²) >= 11 is 0. The fourth-order valence-electron chi connectivity index (χ4n) is 1.40. The van der Waals surface area contributed by atoms with Crippen LogP contribution in [0.3, 0.4) is 0 Å². The zero-order valence-corrected chi connectivity index (χ0v) is 8.74. The Morgan fingerprint density at radius 3 is 2.57 bits per heavy atom. The van der Waals surface area contributed by atoms with Crippen molar-refractivity contribution in [1.82, 2.24) is 0 Å². The Morgan fingerprint density at radius 1 is 1.29 bits per heavy atom. The van der Waals surface area contributed by atoms with Gasteiger partial charge in [0.25, 0.3) is 0 Å². The maximum Gasteiger partial charge on any atom is 0.0791 e. The first kappa shape index (κ1) is 10.7. The molecule has 0 radical (unpaired) electrons. The lowest BCUT2D eigenvalue weighted by atomic mass is 10.2. The van der Waals surface area contributed by atoms with Gasteiger partial charge in [0.1, 0.15) is 0 Å². The normalized spacial score (nSPS) is 9.43. The van der Waals surface area contributed by atoms with E-state index in [0.29, 0.717) is 6.54 Å². The SMILES string of the molecule is C#CCN(CCCC)c1ccccc1. The second kappa shape index (κ2) is 6.10. The molecule has 0 N–H and O–H groups in total. The van der Waals surface area contributed by atoms with Gasteiger partial charge in [0.05, 0.1) is 6.54 Å². The third-order valence-electron chi connectivity index (χ3n) is 2.19. The molecule has 0 aliphatic carbocycles. The smallest absolute Gasteiger partial charge is 0.0791 e. The quantitative estimate of drug-likeness (QED) is 0.641. The minimum Gasteiger partial charge on any atom is -0.360 e. The van der Waals surface area contributed by atoms with Crippen LogP contribution in [-0.2, 0) is 0 Å². The summed E-state index contributed by atoms with van der Waals surface area (Å²) in [6.07, 6.45) is 7.74. The average molecular weight is 187 g/mol. The van der Waals surface area contributed by atoms with E-state index in [-0.39, 0.29) is 0 Å². The molecule has 14 heavy (non-hydrogen) atoms. The Kier molecular flexibility index (Phi) is 4.64. The fraction of sp³-hybridized carbons (Fsp3) is 0.385. The van der Waals surface area contributed by atoms with Crippen molar-refractivity contribution in [2.75, 3.05) is 18.0 Å². The molecule has 1 aromatic carbocycles. The zero-order chi connectivity index (χ0) is 10.2. The number of para-hydroxylation sites is 1. The van der Waals surface area contributed by atoms with Crippen LogP contribution in [-0.4, -0.2) is 13.1 Å². The van der Waals surface area contributed by atoms with E-state index >= 15 is 0 Å². The number of nitrogens with zero attached hydrogens (tertiary/aromatic N) is 1. The Labute approximate surface area is 86.7 Å². The van der Waals surface area contributed by atoms with Crippen molar-refractivity contribution in [3.8, 4) is 12.3 Å². The van der Waals surface area contributed by atoms with Crippen molar-refractivity contribution in [3.05, 3.63) is 30.3 Å². The molecular formula is C13H17N. The molecule has 0 saturated carbocycles. The largest absolute Gasteiger partial charge is 0.360 e. The van der Waals surface area contributed by atoms with Crippen LogP contribution >= 0.6 is 0 Å². The molecule has 0 heterocycles. The van der Waals surface area contributed by atoms with Crippen molar-refractivity contribution >= 4 is 5.69 Å². The summed E-state index contributed by atoms with van der Waals surface area (Å²) in [5.41, 5.74) is 1.22. The molecule has 1 nitrogen and oxygen atoms in total. The van der Waals surface area contributed by atoms with Gasteiger partial charge in [0.2, 0.25) is 0 Å². The van der Waals surface area contributed by atoms with Crippen molar-refractivity contribution < 1.29 is 0 Å². The first-order chi connectivity index (χ1) is 6.88. The third-order valence-corrected chi connectivity index (χ3v) is 2.19. The topological polar surface area (TPSA) is 3.24 Å². The molecule has 0 amide bonds. The number of anilines is 1. The number of hydrogen-bond donors (Lipinski definition) is 0. The number of terminal acetylenes is 1. The molecule has 0 saturated heterocycles. The molecule has 0 spiro atoms. The van der Waals surface area contributed by atoms with Gasteiger partial charge in [0, 0.05) is 12.2 Å². The van der Waals surface area contributed by atoms with Gasteiger partial charge >= 0.3 is 0 Å². The van der Waals surface area contributed by atoms with Crippen LogP contribution in [0.4, 0.5) is 5.69 Å². The van der Waals surface area contributed by atoms with Crippen molar-refractivity contribution in [1.29, 1.82) is 0 Å². The molecule has 1 heteroatoms. The molecule has 0 atom stereocenters. The van der Waals surface area contributed by atoms with Crippen molar-refractivity contribution in [3.63, 3.8) is 0 Å². The van der Waals surface area contributed by atoms with E-state index in [0.717, 1.165) is 6.54 Å². The van der Waals surface area contributed by atoms with Gasteiger partial charge in [-0.05, 0) is 18.6 Å². The summed E-state index contributed by atoms with van der Waals surface area (Å²) in [6, 6.07) is 10.3. The lowest BCUT2D eigenvalue weighted by Crippen LogP contribution is -2.24. The van der Waals surface area contributed by atoms with Gasteiger partial charge < -0.3 is 4.90 Å². The highest BCUT2D eigenvalue weighted by molar-refractivity contribution is 5.46. The monoisotopic (exact) mass is 187 g/mol. The Bertz CT molecular complexity index is 284. The number of hydrogen-bond acceptors (Lipinski definition) is 1. The van der Waals surface area contributed by atoms with Gasteiger partial charge in [-0.2, -0.15) is 0 Å². The molecule has 74 valence electrons. The maximum absolute atomic E-state index is 5.35. The van der Waals surface area contributed by atoms with Gasteiger partial charge in [-0.25, -0.2) is 0 Å². The summed E-state index contributed by atoms with van der Waals surface area (Å²) in [5.74, 6) is 2.70. The first-order valence-corrected chi connectivity index (χ1v) is 5.12. The van der Waals surface area contributed by atoms with Crippen LogP contribution in [0.1, 0.15) is 19.8 Å². The van der Waals surface area contributed by atoms with Gasteiger partial charge in [-0.15, -0.1) is 6.42 Å². The van der Waals surface area contributed by atoms with Crippen LogP contribution in [0.2, 0.25) is 0 Å². The summed E-state index contributed by atoms with van der Waals surface area (Å²) in [6.45, 7) is 3.94. The van der Waals surface area contributed by atoms with Gasteiger partial charge in [-0.3, -0.25) is 0 Å². The molecule has 0 aliphatic rings. The second-order valence-electron chi connectivity index (χ2n) is 3.31. The van der Waals surface area contributed by atoms with Gasteiger partial charge in [-0.1, -0.05) is 37.5 Å². The van der Waals surface area contributed by atoms with Crippen LogP contribution in [0, 0.1) is 12.3 Å². The highest BCUT2D eigenvalue weighted by Crippen LogP contribution is 2.13. The number of rotatable bonds is 5. The van der Waals surface area contributed by atoms with E-state index in [1.807, 2.05) is 18.2 Å². The fourth-order valence-corrected chi connectivity index (χ4v) is 1.40. The van der Waals surface area contributed by atoms with E-state index < -0.39 is 0 Å². The van der Waals surface area contributed by atoms with Crippen LogP contribution in [0.5, 0.6) is 0 Å². The van der Waals surface area contributed by atoms with Crippen LogP contribution < -0.4 is 4.90 Å². The van der Waals surface area contributed by atoms with Gasteiger partial charge in [0.15, 0.2) is 0 Å². The summed E-state index contributed by atoms with van der Waals surface area (Å²) in [5, 5.41) is 0. The molecule has 0 aliphatic heterocycles. The minimum atomic E-state index is 0.698. The molecule has 1 aromatic rings. The highest BCUT2D eigenvalue weighted by atomic mass is 15.1. The van der Waals surface area contributed by atoms with E-state index in [2.05, 4.69) is 29.9 Å². The Hall–Kier alpha value is -1.42. The predicted octanol–water partition coefficient (Wildman–Crippen LogP) is 2.93. The maximum atomic E-state index is 5.35. The lowest BCUT2D eigenvalue weighted by molar-refractivity contribution is 0.750. The summed E-state index contributed by atoms with van der Waals surface area (Å²) in [7, 11) is 0. The first-order valence-electron chi connectivity index (χ1n) is 5.12. The van der Waals surface area contributed by atoms with Crippen molar-refractivity contribution in [2.24, 2.45) is 0 Å². The lowest BCUT2D eigenvalue weighted by Gasteiger charge is -2.21.